The van der Waals surface area contributed by atoms with Crippen LogP contribution in [0.4, 0.5) is 0 Å². The molecule has 1 aliphatic heterocycles. The van der Waals surface area contributed by atoms with Gasteiger partial charge in [-0.05, 0) is 12.8 Å². The fourth-order valence-electron chi connectivity index (χ4n) is 3.22. The number of rotatable bonds is 6. The summed E-state index contributed by atoms with van der Waals surface area (Å²) in [5.74, 6) is -1.92. The second kappa shape index (κ2) is 7.42. The van der Waals surface area contributed by atoms with Gasteiger partial charge in [-0.25, -0.2) is 0 Å². The summed E-state index contributed by atoms with van der Waals surface area (Å²) in [6.07, 6.45) is 4.87. The molecule has 2 aliphatic rings. The first-order valence-electron chi connectivity index (χ1n) is 8.32. The molecule has 0 saturated carbocycles. The molecule has 0 N–H and O–H groups in total. The van der Waals surface area contributed by atoms with Crippen molar-refractivity contribution in [3.05, 3.63) is 48.0 Å². The van der Waals surface area contributed by atoms with E-state index in [1.165, 1.54) is 0 Å². The molecule has 1 fully saturated rings. The van der Waals surface area contributed by atoms with Gasteiger partial charge in [0.15, 0.2) is 12.4 Å². The van der Waals surface area contributed by atoms with Gasteiger partial charge in [0.05, 0.1) is 18.3 Å². The first-order valence-corrected chi connectivity index (χ1v) is 8.32. The Bertz CT molecular complexity index is 699. The van der Waals surface area contributed by atoms with E-state index in [1.54, 1.807) is 30.3 Å². The Balaban J connectivity index is 1.47. The molecule has 1 heterocycles. The smallest absolute Gasteiger partial charge is 0.308 e. The highest BCUT2D eigenvalue weighted by Crippen LogP contribution is 2.34. The van der Waals surface area contributed by atoms with E-state index in [0.29, 0.717) is 18.4 Å². The van der Waals surface area contributed by atoms with Gasteiger partial charge in [0.1, 0.15) is 0 Å². The van der Waals surface area contributed by atoms with E-state index in [9.17, 15) is 19.2 Å². The van der Waals surface area contributed by atoms with Gasteiger partial charge < -0.3 is 4.74 Å². The summed E-state index contributed by atoms with van der Waals surface area (Å²) in [6.45, 7) is -0.344. The monoisotopic (exact) mass is 341 g/mol. The Hall–Kier alpha value is -2.76. The zero-order valence-corrected chi connectivity index (χ0v) is 13.7. The van der Waals surface area contributed by atoms with E-state index >= 15 is 0 Å². The van der Waals surface area contributed by atoms with Crippen LogP contribution in [-0.2, 0) is 19.1 Å². The lowest BCUT2D eigenvalue weighted by atomic mass is 9.85. The summed E-state index contributed by atoms with van der Waals surface area (Å²) >= 11 is 0. The van der Waals surface area contributed by atoms with E-state index in [0.717, 1.165) is 4.90 Å². The first kappa shape index (κ1) is 17.1. The van der Waals surface area contributed by atoms with Crippen LogP contribution in [0.5, 0.6) is 0 Å². The normalized spacial score (nSPS) is 22.0. The van der Waals surface area contributed by atoms with E-state index in [4.69, 9.17) is 4.74 Å². The summed E-state index contributed by atoms with van der Waals surface area (Å²) < 4.78 is 4.96. The molecule has 2 atom stereocenters. The zero-order chi connectivity index (χ0) is 17.8. The van der Waals surface area contributed by atoms with Crippen LogP contribution < -0.4 is 0 Å². The molecule has 1 aromatic rings. The number of hydrogen-bond donors (Lipinski definition) is 0. The number of carbonyl (C=O) groups excluding carboxylic acids is 4. The number of Topliss-reactive ketones (excluding diaryl/α,β-unsaturated/α-hetero) is 1. The van der Waals surface area contributed by atoms with Gasteiger partial charge in [0.2, 0.25) is 11.8 Å². The molecule has 6 nitrogen and oxygen atoms in total. The largest absolute Gasteiger partial charge is 0.457 e. The van der Waals surface area contributed by atoms with Crippen LogP contribution >= 0.6 is 0 Å². The summed E-state index contributed by atoms with van der Waals surface area (Å²) in [4.78, 5) is 49.4. The van der Waals surface area contributed by atoms with Gasteiger partial charge in [-0.15, -0.1) is 0 Å². The number of ketones is 1. The minimum absolute atomic E-state index is 0.00300. The Labute approximate surface area is 145 Å². The highest BCUT2D eigenvalue weighted by atomic mass is 16.5. The predicted molar refractivity (Wildman–Crippen MR) is 88.4 cm³/mol. The second-order valence-corrected chi connectivity index (χ2v) is 6.18. The quantitative estimate of drug-likeness (QED) is 0.341. The van der Waals surface area contributed by atoms with Gasteiger partial charge in [-0.3, -0.25) is 24.1 Å². The minimum Gasteiger partial charge on any atom is -0.457 e. The van der Waals surface area contributed by atoms with Crippen LogP contribution in [0.3, 0.4) is 0 Å². The molecule has 1 aromatic carbocycles. The Morgan fingerprint density at radius 2 is 1.60 bits per heavy atom. The Morgan fingerprint density at radius 3 is 2.20 bits per heavy atom. The number of imide groups is 1. The first-order chi connectivity index (χ1) is 12.1. The lowest BCUT2D eigenvalue weighted by molar-refractivity contribution is -0.145. The fourth-order valence-corrected chi connectivity index (χ4v) is 3.22. The maximum atomic E-state index is 12.3. The molecule has 25 heavy (non-hydrogen) atoms. The number of fused-ring (bicyclic) bond motifs is 1. The number of ether oxygens (including phenoxy) is 1. The molecule has 0 bridgehead atoms. The van der Waals surface area contributed by atoms with Crippen LogP contribution in [0.25, 0.3) is 0 Å². The average Bonchev–Trinajstić information content (AvgIpc) is 2.89. The maximum Gasteiger partial charge on any atom is 0.308 e. The van der Waals surface area contributed by atoms with E-state index < -0.39 is 5.97 Å². The van der Waals surface area contributed by atoms with Crippen molar-refractivity contribution in [2.24, 2.45) is 11.8 Å². The van der Waals surface area contributed by atoms with Gasteiger partial charge >= 0.3 is 5.97 Å². The molecule has 130 valence electrons. The van der Waals surface area contributed by atoms with Gasteiger partial charge in [0.25, 0.3) is 0 Å². The zero-order valence-electron chi connectivity index (χ0n) is 13.7. The molecular formula is C19H19NO5. The van der Waals surface area contributed by atoms with Crippen LogP contribution in [-0.4, -0.2) is 41.6 Å². The van der Waals surface area contributed by atoms with Crippen molar-refractivity contribution in [2.75, 3.05) is 13.2 Å². The number of benzene rings is 1. The average molecular weight is 341 g/mol. The molecule has 0 spiro atoms. The number of likely N-dealkylation sites (tertiary alicyclic amines) is 1. The van der Waals surface area contributed by atoms with Crippen molar-refractivity contribution >= 4 is 23.6 Å². The number of esters is 1. The minimum atomic E-state index is -0.599. The number of hydrogen-bond acceptors (Lipinski definition) is 5. The summed E-state index contributed by atoms with van der Waals surface area (Å²) in [6, 6.07) is 8.54. The van der Waals surface area contributed by atoms with Crippen molar-refractivity contribution in [3.63, 3.8) is 0 Å². The number of amides is 2. The number of allylic oxidation sites excluding steroid dienone is 2. The third-order valence-electron chi connectivity index (χ3n) is 4.60. The molecule has 3 rings (SSSR count). The lowest BCUT2D eigenvalue weighted by Crippen LogP contribution is -2.33. The van der Waals surface area contributed by atoms with Gasteiger partial charge in [-0.2, -0.15) is 0 Å². The van der Waals surface area contributed by atoms with Crippen molar-refractivity contribution in [3.8, 4) is 0 Å². The van der Waals surface area contributed by atoms with Crippen molar-refractivity contribution in [1.82, 2.24) is 4.90 Å². The molecule has 2 amide bonds. The fraction of sp³-hybridized carbons (Fsp3) is 0.368. The highest BCUT2D eigenvalue weighted by Gasteiger charge is 2.46. The SMILES string of the molecule is O=C(CCN1C(=O)[C@@H]2CC=CC[C@H]2C1=O)OCC(=O)c1ccccc1. The van der Waals surface area contributed by atoms with Crippen LogP contribution in [0, 0.1) is 11.8 Å². The van der Waals surface area contributed by atoms with E-state index in [-0.39, 0.29) is 49.0 Å². The van der Waals surface area contributed by atoms with Crippen LogP contribution in [0.2, 0.25) is 0 Å². The van der Waals surface area contributed by atoms with E-state index in [1.807, 2.05) is 12.2 Å². The Morgan fingerprint density at radius 1 is 1.00 bits per heavy atom. The lowest BCUT2D eigenvalue weighted by Gasteiger charge is -2.14. The molecular weight excluding hydrogens is 322 g/mol. The highest BCUT2D eigenvalue weighted by molar-refractivity contribution is 6.05. The summed E-state index contributed by atoms with van der Waals surface area (Å²) in [5.41, 5.74) is 0.469. The second-order valence-electron chi connectivity index (χ2n) is 6.18. The maximum absolute atomic E-state index is 12.3. The molecule has 1 saturated heterocycles. The standard InChI is InChI=1S/C19H19NO5/c21-16(13-6-2-1-3-7-13)12-25-17(22)10-11-20-18(23)14-8-4-5-9-15(14)19(20)24/h1-7,14-15H,8-12H2/t14-,15-/m1/s1. The topological polar surface area (TPSA) is 80.8 Å². The molecule has 6 heteroatoms. The summed E-state index contributed by atoms with van der Waals surface area (Å²) in [5, 5.41) is 0. The van der Waals surface area contributed by atoms with Gasteiger partial charge in [0, 0.05) is 12.1 Å². The third kappa shape index (κ3) is 3.68. The van der Waals surface area contributed by atoms with Crippen LogP contribution in [0.15, 0.2) is 42.5 Å². The van der Waals surface area contributed by atoms with Gasteiger partial charge in [-0.1, -0.05) is 42.5 Å². The third-order valence-corrected chi connectivity index (χ3v) is 4.60. The van der Waals surface area contributed by atoms with Crippen LogP contribution in [0.1, 0.15) is 29.6 Å². The number of nitrogens with zero attached hydrogens (tertiary/aromatic N) is 1. The summed E-state index contributed by atoms with van der Waals surface area (Å²) in [7, 11) is 0. The molecule has 0 radical (unpaired) electrons. The van der Waals surface area contributed by atoms with Crippen molar-refractivity contribution in [2.45, 2.75) is 19.3 Å². The number of carbonyl (C=O) groups is 4. The Kier molecular flexibility index (Phi) is 5.07. The molecule has 1 aliphatic carbocycles. The molecule has 0 aromatic heterocycles. The predicted octanol–water partition coefficient (Wildman–Crippen LogP) is 1.75. The van der Waals surface area contributed by atoms with Crippen molar-refractivity contribution < 1.29 is 23.9 Å². The van der Waals surface area contributed by atoms with Crippen molar-refractivity contribution in [1.29, 1.82) is 0 Å². The molecule has 0 unspecified atom stereocenters. The van der Waals surface area contributed by atoms with E-state index in [2.05, 4.69) is 0 Å².